The number of benzene rings is 2. The fourth-order valence-electron chi connectivity index (χ4n) is 3.57. The van der Waals surface area contributed by atoms with E-state index in [1.807, 2.05) is 43.3 Å². The quantitative estimate of drug-likeness (QED) is 0.718. The molecule has 144 valence electrons. The van der Waals surface area contributed by atoms with E-state index in [4.69, 9.17) is 4.74 Å². The second kappa shape index (κ2) is 7.34. The highest BCUT2D eigenvalue weighted by Crippen LogP contribution is 2.36. The lowest BCUT2D eigenvalue weighted by Crippen LogP contribution is -2.43. The van der Waals surface area contributed by atoms with Crippen LogP contribution >= 0.6 is 0 Å². The number of aromatic hydroxyl groups is 1. The third-order valence-electron chi connectivity index (χ3n) is 4.99. The van der Waals surface area contributed by atoms with Crippen LogP contribution in [0.25, 0.3) is 22.0 Å². The number of piperidine rings is 1. The van der Waals surface area contributed by atoms with Gasteiger partial charge in [-0.2, -0.15) is 0 Å². The largest absolute Gasteiger partial charge is 0.507 e. The van der Waals surface area contributed by atoms with E-state index >= 15 is 0 Å². The van der Waals surface area contributed by atoms with E-state index in [-0.39, 0.29) is 11.9 Å². The SMILES string of the molecule is Cc1ccc(-c2nnc(O[C@@H]3CCCN(C(=O)O)C3)c3ccccc23)c(O)c1. The molecule has 0 unspecified atom stereocenters. The number of rotatable bonds is 3. The van der Waals surface area contributed by atoms with Crippen molar-refractivity contribution in [2.24, 2.45) is 0 Å². The number of carbonyl (C=O) groups is 1. The topological polar surface area (TPSA) is 95.8 Å². The van der Waals surface area contributed by atoms with Gasteiger partial charge >= 0.3 is 6.09 Å². The van der Waals surface area contributed by atoms with Gasteiger partial charge in [-0.05, 0) is 43.5 Å². The molecule has 0 radical (unpaired) electrons. The van der Waals surface area contributed by atoms with Crippen molar-refractivity contribution in [1.29, 1.82) is 0 Å². The molecule has 2 aromatic carbocycles. The number of phenols is 1. The summed E-state index contributed by atoms with van der Waals surface area (Å²) in [5.74, 6) is 0.528. The minimum Gasteiger partial charge on any atom is -0.507 e. The number of aromatic nitrogens is 2. The van der Waals surface area contributed by atoms with Crippen LogP contribution in [0.4, 0.5) is 4.79 Å². The smallest absolute Gasteiger partial charge is 0.407 e. The molecule has 1 aliphatic rings. The van der Waals surface area contributed by atoms with Gasteiger partial charge in [0.2, 0.25) is 5.88 Å². The molecule has 1 atom stereocenters. The molecule has 1 amide bonds. The van der Waals surface area contributed by atoms with E-state index in [1.54, 1.807) is 6.07 Å². The van der Waals surface area contributed by atoms with Crippen LogP contribution in [0.1, 0.15) is 18.4 Å². The maximum Gasteiger partial charge on any atom is 0.407 e. The van der Waals surface area contributed by atoms with Crippen LogP contribution in [0, 0.1) is 6.92 Å². The number of fused-ring (bicyclic) bond motifs is 1. The molecule has 0 bridgehead atoms. The van der Waals surface area contributed by atoms with E-state index in [1.165, 1.54) is 4.90 Å². The summed E-state index contributed by atoms with van der Waals surface area (Å²) >= 11 is 0. The fraction of sp³-hybridized carbons (Fsp3) is 0.286. The van der Waals surface area contributed by atoms with Gasteiger partial charge in [0.1, 0.15) is 17.5 Å². The van der Waals surface area contributed by atoms with Crippen LogP contribution in [0.2, 0.25) is 0 Å². The standard InChI is InChI=1S/C21H21N3O4/c1-13-8-9-17(18(25)11-13)19-15-6-2-3-7-16(15)20(23-22-19)28-14-5-4-10-24(12-14)21(26)27/h2-3,6-9,11,14,25H,4-5,10,12H2,1H3,(H,26,27)/t14-/m1/s1. The van der Waals surface area contributed by atoms with Crippen molar-refractivity contribution in [2.45, 2.75) is 25.9 Å². The van der Waals surface area contributed by atoms with Gasteiger partial charge in [0, 0.05) is 22.9 Å². The zero-order valence-electron chi connectivity index (χ0n) is 15.5. The van der Waals surface area contributed by atoms with Gasteiger partial charge in [-0.15, -0.1) is 10.2 Å². The van der Waals surface area contributed by atoms with Crippen LogP contribution < -0.4 is 4.74 Å². The Balaban J connectivity index is 1.71. The number of hydrogen-bond acceptors (Lipinski definition) is 5. The van der Waals surface area contributed by atoms with Crippen molar-refractivity contribution in [2.75, 3.05) is 13.1 Å². The molecular weight excluding hydrogens is 358 g/mol. The van der Waals surface area contributed by atoms with E-state index in [0.717, 1.165) is 29.2 Å². The van der Waals surface area contributed by atoms with Crippen LogP contribution in [0.5, 0.6) is 11.6 Å². The Morgan fingerprint density at radius 2 is 1.96 bits per heavy atom. The maximum atomic E-state index is 11.2. The first-order chi connectivity index (χ1) is 13.5. The van der Waals surface area contributed by atoms with Gasteiger partial charge in [-0.25, -0.2) is 4.79 Å². The number of ether oxygens (including phenoxy) is 1. The minimum absolute atomic E-state index is 0.150. The molecule has 0 spiro atoms. The summed E-state index contributed by atoms with van der Waals surface area (Å²) in [6.07, 6.45) is 0.313. The highest BCUT2D eigenvalue weighted by Gasteiger charge is 2.26. The number of nitrogens with zero attached hydrogens (tertiary/aromatic N) is 3. The van der Waals surface area contributed by atoms with Crippen LogP contribution in [-0.2, 0) is 0 Å². The van der Waals surface area contributed by atoms with E-state index in [9.17, 15) is 15.0 Å². The number of likely N-dealkylation sites (tertiary alicyclic amines) is 1. The molecule has 0 aliphatic carbocycles. The third-order valence-corrected chi connectivity index (χ3v) is 4.99. The molecule has 28 heavy (non-hydrogen) atoms. The van der Waals surface area contributed by atoms with Crippen molar-refractivity contribution in [3.8, 4) is 22.9 Å². The van der Waals surface area contributed by atoms with Crippen LogP contribution in [-0.4, -0.2) is 50.6 Å². The van der Waals surface area contributed by atoms with Gasteiger partial charge in [0.15, 0.2) is 0 Å². The van der Waals surface area contributed by atoms with Crippen LogP contribution in [0.15, 0.2) is 42.5 Å². The first kappa shape index (κ1) is 18.0. The predicted molar refractivity (Wildman–Crippen MR) is 105 cm³/mol. The summed E-state index contributed by atoms with van der Waals surface area (Å²) in [5, 5.41) is 29.8. The average molecular weight is 379 g/mol. The second-order valence-corrected chi connectivity index (χ2v) is 7.03. The summed E-state index contributed by atoms with van der Waals surface area (Å²) < 4.78 is 6.05. The molecule has 1 aromatic heterocycles. The zero-order chi connectivity index (χ0) is 19.7. The van der Waals surface area contributed by atoms with Crippen molar-refractivity contribution in [3.05, 3.63) is 48.0 Å². The number of hydrogen-bond donors (Lipinski definition) is 2. The molecular formula is C21H21N3O4. The number of phenolic OH excluding ortho intramolecular Hbond substituents is 1. The second-order valence-electron chi connectivity index (χ2n) is 7.03. The van der Waals surface area contributed by atoms with Crippen molar-refractivity contribution < 1.29 is 19.7 Å². The monoisotopic (exact) mass is 379 g/mol. The summed E-state index contributed by atoms with van der Waals surface area (Å²) in [6, 6.07) is 13.0. The normalized spacial score (nSPS) is 16.9. The first-order valence-corrected chi connectivity index (χ1v) is 9.23. The van der Waals surface area contributed by atoms with Gasteiger partial charge < -0.3 is 19.8 Å². The predicted octanol–water partition coefficient (Wildman–Crippen LogP) is 3.83. The molecule has 0 saturated carbocycles. The zero-order valence-corrected chi connectivity index (χ0v) is 15.5. The summed E-state index contributed by atoms with van der Waals surface area (Å²) in [5.41, 5.74) is 2.14. The minimum atomic E-state index is -0.936. The Morgan fingerprint density at radius 3 is 2.71 bits per heavy atom. The van der Waals surface area contributed by atoms with Gasteiger partial charge in [-0.1, -0.05) is 24.3 Å². The number of amides is 1. The van der Waals surface area contributed by atoms with E-state index < -0.39 is 6.09 Å². The molecule has 7 heteroatoms. The molecule has 3 aromatic rings. The van der Waals surface area contributed by atoms with Gasteiger partial charge in [-0.3, -0.25) is 0 Å². The average Bonchev–Trinajstić information content (AvgIpc) is 2.69. The van der Waals surface area contributed by atoms with Crippen molar-refractivity contribution >= 4 is 16.9 Å². The lowest BCUT2D eigenvalue weighted by Gasteiger charge is -2.30. The fourth-order valence-corrected chi connectivity index (χ4v) is 3.57. The lowest BCUT2D eigenvalue weighted by molar-refractivity contribution is 0.0772. The summed E-state index contributed by atoms with van der Waals surface area (Å²) in [4.78, 5) is 12.6. The molecule has 7 nitrogen and oxygen atoms in total. The Bertz CT molecular complexity index is 1040. The molecule has 2 N–H and O–H groups in total. The van der Waals surface area contributed by atoms with Gasteiger partial charge in [0.05, 0.1) is 6.54 Å². The van der Waals surface area contributed by atoms with Crippen molar-refractivity contribution in [3.63, 3.8) is 0 Å². The first-order valence-electron chi connectivity index (χ1n) is 9.23. The van der Waals surface area contributed by atoms with E-state index in [2.05, 4.69) is 10.2 Å². The Hall–Kier alpha value is -3.35. The highest BCUT2D eigenvalue weighted by atomic mass is 16.5. The Kier molecular flexibility index (Phi) is 4.73. The summed E-state index contributed by atoms with van der Waals surface area (Å²) in [6.45, 7) is 2.74. The van der Waals surface area contributed by atoms with Crippen LogP contribution in [0.3, 0.4) is 0 Å². The van der Waals surface area contributed by atoms with Crippen molar-refractivity contribution in [1.82, 2.24) is 15.1 Å². The Morgan fingerprint density at radius 1 is 1.18 bits per heavy atom. The number of aryl methyl sites for hydroxylation is 1. The molecule has 1 saturated heterocycles. The summed E-state index contributed by atoms with van der Waals surface area (Å²) in [7, 11) is 0. The Labute approximate surface area is 162 Å². The lowest BCUT2D eigenvalue weighted by atomic mass is 10.0. The third kappa shape index (κ3) is 3.43. The van der Waals surface area contributed by atoms with E-state index in [0.29, 0.717) is 30.2 Å². The molecule has 4 rings (SSSR count). The molecule has 2 heterocycles. The molecule has 1 aliphatic heterocycles. The molecule has 1 fully saturated rings. The maximum absolute atomic E-state index is 11.2. The number of carboxylic acid groups (broad SMARTS) is 1. The highest BCUT2D eigenvalue weighted by molar-refractivity contribution is 5.98. The van der Waals surface area contributed by atoms with Gasteiger partial charge in [0.25, 0.3) is 0 Å².